The van der Waals surface area contributed by atoms with Crippen LogP contribution in [0.5, 0.6) is 0 Å². The standard InChI is InChI=1S/C11H19NO5S/c13-10-6-18(16,17)5-9(10)12-4-7-2-1-3-8(7)11(14)15/h7-10,12-13H,1-6H2,(H,14,15). The Bertz CT molecular complexity index is 421. The Hall–Kier alpha value is -0.660. The molecule has 0 bridgehead atoms. The van der Waals surface area contributed by atoms with Gasteiger partial charge >= 0.3 is 5.97 Å². The normalized spacial score (nSPS) is 38.9. The number of aliphatic carboxylic acids is 1. The summed E-state index contributed by atoms with van der Waals surface area (Å²) in [5.41, 5.74) is 0. The summed E-state index contributed by atoms with van der Waals surface area (Å²) >= 11 is 0. The number of sulfone groups is 1. The van der Waals surface area contributed by atoms with E-state index in [0.717, 1.165) is 12.8 Å². The van der Waals surface area contributed by atoms with Crippen LogP contribution in [0, 0.1) is 11.8 Å². The molecule has 2 aliphatic rings. The summed E-state index contributed by atoms with van der Waals surface area (Å²) in [6.07, 6.45) is 1.56. The van der Waals surface area contributed by atoms with E-state index >= 15 is 0 Å². The fourth-order valence-electron chi connectivity index (χ4n) is 2.93. The molecule has 4 atom stereocenters. The highest BCUT2D eigenvalue weighted by Crippen LogP contribution is 2.31. The van der Waals surface area contributed by atoms with Crippen molar-refractivity contribution in [3.05, 3.63) is 0 Å². The highest BCUT2D eigenvalue weighted by Gasteiger charge is 2.38. The lowest BCUT2D eigenvalue weighted by atomic mass is 9.96. The topological polar surface area (TPSA) is 104 Å². The molecular formula is C11H19NO5S. The second-order valence-corrected chi connectivity index (χ2v) is 7.45. The average molecular weight is 277 g/mol. The molecule has 104 valence electrons. The third-order valence-corrected chi connectivity index (χ3v) is 5.66. The second-order valence-electron chi connectivity index (χ2n) is 5.29. The van der Waals surface area contributed by atoms with Crippen molar-refractivity contribution in [2.24, 2.45) is 11.8 Å². The SMILES string of the molecule is O=C(O)C1CCCC1CNC1CS(=O)(=O)CC1O. The highest BCUT2D eigenvalue weighted by atomic mass is 32.2. The third kappa shape index (κ3) is 3.02. The predicted octanol–water partition coefficient (Wildman–Crippen LogP) is -0.765. The molecule has 0 radical (unpaired) electrons. The summed E-state index contributed by atoms with van der Waals surface area (Å²) in [6.45, 7) is 0.466. The largest absolute Gasteiger partial charge is 0.481 e. The molecule has 0 aromatic rings. The van der Waals surface area contributed by atoms with Gasteiger partial charge in [-0.15, -0.1) is 0 Å². The van der Waals surface area contributed by atoms with Gasteiger partial charge < -0.3 is 15.5 Å². The van der Waals surface area contributed by atoms with Crippen LogP contribution in [0.15, 0.2) is 0 Å². The van der Waals surface area contributed by atoms with Crippen LogP contribution in [0.25, 0.3) is 0 Å². The van der Waals surface area contributed by atoms with Gasteiger partial charge in [-0.1, -0.05) is 6.42 Å². The number of carboxylic acid groups (broad SMARTS) is 1. The van der Waals surface area contributed by atoms with Crippen molar-refractivity contribution < 1.29 is 23.4 Å². The minimum atomic E-state index is -3.15. The Morgan fingerprint density at radius 1 is 1.28 bits per heavy atom. The van der Waals surface area contributed by atoms with Crippen LogP contribution in [0.2, 0.25) is 0 Å². The molecule has 0 amide bonds. The summed E-state index contributed by atoms with van der Waals surface area (Å²) in [6, 6.07) is -0.454. The smallest absolute Gasteiger partial charge is 0.306 e. The van der Waals surface area contributed by atoms with Crippen LogP contribution in [0.4, 0.5) is 0 Å². The van der Waals surface area contributed by atoms with Gasteiger partial charge in [-0.2, -0.15) is 0 Å². The quantitative estimate of drug-likeness (QED) is 0.624. The van der Waals surface area contributed by atoms with Crippen LogP contribution in [-0.4, -0.2) is 54.8 Å². The van der Waals surface area contributed by atoms with Gasteiger partial charge in [-0.25, -0.2) is 8.42 Å². The van der Waals surface area contributed by atoms with Gasteiger partial charge in [-0.3, -0.25) is 4.79 Å². The van der Waals surface area contributed by atoms with Crippen LogP contribution in [-0.2, 0) is 14.6 Å². The first-order chi connectivity index (χ1) is 8.39. The number of carbonyl (C=O) groups is 1. The van der Waals surface area contributed by atoms with Crippen molar-refractivity contribution in [2.45, 2.75) is 31.4 Å². The molecule has 4 unspecified atom stereocenters. The van der Waals surface area contributed by atoms with Gasteiger partial charge in [0.2, 0.25) is 0 Å². The molecule has 1 aliphatic carbocycles. The lowest BCUT2D eigenvalue weighted by molar-refractivity contribution is -0.142. The molecule has 0 spiro atoms. The Morgan fingerprint density at radius 2 is 2.00 bits per heavy atom. The summed E-state index contributed by atoms with van der Waals surface area (Å²) in [7, 11) is -3.15. The fourth-order valence-corrected chi connectivity index (χ4v) is 4.71. The summed E-state index contributed by atoms with van der Waals surface area (Å²) < 4.78 is 22.7. The molecule has 1 heterocycles. The number of rotatable bonds is 4. The minimum absolute atomic E-state index is 0.0398. The summed E-state index contributed by atoms with van der Waals surface area (Å²) in [4.78, 5) is 11.0. The average Bonchev–Trinajstić information content (AvgIpc) is 2.79. The number of hydrogen-bond donors (Lipinski definition) is 3. The maximum atomic E-state index is 11.3. The van der Waals surface area contributed by atoms with E-state index < -0.39 is 28.0 Å². The van der Waals surface area contributed by atoms with E-state index in [1.54, 1.807) is 0 Å². The zero-order chi connectivity index (χ0) is 13.3. The molecule has 0 aromatic heterocycles. The molecule has 1 saturated heterocycles. The number of carboxylic acids is 1. The van der Waals surface area contributed by atoms with Crippen molar-refractivity contribution in [2.75, 3.05) is 18.1 Å². The second kappa shape index (κ2) is 5.14. The van der Waals surface area contributed by atoms with E-state index in [1.807, 2.05) is 0 Å². The zero-order valence-electron chi connectivity index (χ0n) is 10.1. The predicted molar refractivity (Wildman–Crippen MR) is 64.9 cm³/mol. The van der Waals surface area contributed by atoms with Gasteiger partial charge in [0.05, 0.1) is 23.5 Å². The van der Waals surface area contributed by atoms with Gasteiger partial charge in [0, 0.05) is 6.04 Å². The number of aliphatic hydroxyl groups excluding tert-OH is 1. The van der Waals surface area contributed by atoms with E-state index in [-0.39, 0.29) is 23.3 Å². The van der Waals surface area contributed by atoms with Crippen LogP contribution in [0.3, 0.4) is 0 Å². The van der Waals surface area contributed by atoms with Gasteiger partial charge in [0.1, 0.15) is 0 Å². The van der Waals surface area contributed by atoms with E-state index in [9.17, 15) is 18.3 Å². The van der Waals surface area contributed by atoms with Crippen LogP contribution in [0.1, 0.15) is 19.3 Å². The first-order valence-corrected chi connectivity index (χ1v) is 8.06. The molecule has 2 rings (SSSR count). The van der Waals surface area contributed by atoms with Crippen LogP contribution >= 0.6 is 0 Å². The molecule has 1 saturated carbocycles. The third-order valence-electron chi connectivity index (χ3n) is 3.94. The molecule has 0 aromatic carbocycles. The molecular weight excluding hydrogens is 258 g/mol. The van der Waals surface area contributed by atoms with Gasteiger partial charge in [-0.05, 0) is 25.3 Å². The first-order valence-electron chi connectivity index (χ1n) is 6.24. The fraction of sp³-hybridized carbons (Fsp3) is 0.909. The summed E-state index contributed by atoms with van der Waals surface area (Å²) in [5.74, 6) is -1.33. The molecule has 7 heteroatoms. The van der Waals surface area contributed by atoms with E-state index in [4.69, 9.17) is 5.11 Å². The van der Waals surface area contributed by atoms with Crippen molar-refractivity contribution in [3.8, 4) is 0 Å². The first kappa shape index (κ1) is 13.8. The van der Waals surface area contributed by atoms with Crippen molar-refractivity contribution >= 4 is 15.8 Å². The molecule has 18 heavy (non-hydrogen) atoms. The van der Waals surface area contributed by atoms with Crippen molar-refractivity contribution in [3.63, 3.8) is 0 Å². The maximum Gasteiger partial charge on any atom is 0.306 e. The van der Waals surface area contributed by atoms with E-state index in [2.05, 4.69) is 5.32 Å². The number of nitrogens with one attached hydrogen (secondary N) is 1. The molecule has 3 N–H and O–H groups in total. The Balaban J connectivity index is 1.87. The molecule has 1 aliphatic heterocycles. The minimum Gasteiger partial charge on any atom is -0.481 e. The van der Waals surface area contributed by atoms with E-state index in [1.165, 1.54) is 0 Å². The summed E-state index contributed by atoms with van der Waals surface area (Å²) in [5, 5.41) is 21.7. The Kier molecular flexibility index (Phi) is 3.93. The Labute approximate surface area is 106 Å². The van der Waals surface area contributed by atoms with Gasteiger partial charge in [0.25, 0.3) is 0 Å². The highest BCUT2D eigenvalue weighted by molar-refractivity contribution is 7.91. The van der Waals surface area contributed by atoms with Gasteiger partial charge in [0.15, 0.2) is 9.84 Å². The molecule has 2 fully saturated rings. The maximum absolute atomic E-state index is 11.3. The monoisotopic (exact) mass is 277 g/mol. The van der Waals surface area contributed by atoms with Crippen LogP contribution < -0.4 is 5.32 Å². The number of aliphatic hydroxyl groups is 1. The van der Waals surface area contributed by atoms with Crippen molar-refractivity contribution in [1.82, 2.24) is 5.32 Å². The lowest BCUT2D eigenvalue weighted by Gasteiger charge is -2.20. The molecule has 6 nitrogen and oxygen atoms in total. The van der Waals surface area contributed by atoms with Crippen molar-refractivity contribution in [1.29, 1.82) is 0 Å². The lowest BCUT2D eigenvalue weighted by Crippen LogP contribution is -2.42. The Morgan fingerprint density at radius 3 is 2.56 bits per heavy atom. The number of hydrogen-bond acceptors (Lipinski definition) is 5. The van der Waals surface area contributed by atoms with E-state index in [0.29, 0.717) is 13.0 Å². The zero-order valence-corrected chi connectivity index (χ0v) is 10.9.